The van der Waals surface area contributed by atoms with Crippen molar-refractivity contribution in [3.8, 4) is 22.7 Å². The Hall–Kier alpha value is -2.64. The van der Waals surface area contributed by atoms with E-state index in [4.69, 9.17) is 16.1 Å². The van der Waals surface area contributed by atoms with Crippen LogP contribution >= 0.6 is 23.4 Å². The molecular formula is C18H12ClFN4OS. The molecule has 0 saturated carbocycles. The molecule has 0 aliphatic heterocycles. The SMILES string of the molecule is Fc1ccc(-c2cnc(SCc3noc(-c4ccccc4Cl)n3)[nH]2)cc1. The van der Waals surface area contributed by atoms with E-state index >= 15 is 0 Å². The highest BCUT2D eigenvalue weighted by molar-refractivity contribution is 7.98. The van der Waals surface area contributed by atoms with Crippen molar-refractivity contribution in [3.05, 3.63) is 71.4 Å². The van der Waals surface area contributed by atoms with E-state index in [1.165, 1.54) is 23.9 Å². The summed E-state index contributed by atoms with van der Waals surface area (Å²) in [4.78, 5) is 11.9. The van der Waals surface area contributed by atoms with Gasteiger partial charge in [0, 0.05) is 0 Å². The van der Waals surface area contributed by atoms with E-state index in [1.807, 2.05) is 18.2 Å². The molecule has 0 saturated heterocycles. The fourth-order valence-electron chi connectivity index (χ4n) is 2.34. The predicted molar refractivity (Wildman–Crippen MR) is 98.3 cm³/mol. The summed E-state index contributed by atoms with van der Waals surface area (Å²) in [5, 5.41) is 5.25. The van der Waals surface area contributed by atoms with Crippen molar-refractivity contribution in [3.63, 3.8) is 0 Å². The van der Waals surface area contributed by atoms with Crippen LogP contribution in [0.4, 0.5) is 4.39 Å². The third kappa shape index (κ3) is 3.63. The van der Waals surface area contributed by atoms with Crippen molar-refractivity contribution in [1.82, 2.24) is 20.1 Å². The summed E-state index contributed by atoms with van der Waals surface area (Å²) in [6, 6.07) is 13.5. The molecule has 0 radical (unpaired) electrons. The second-order valence-electron chi connectivity index (χ2n) is 5.39. The zero-order valence-electron chi connectivity index (χ0n) is 13.3. The monoisotopic (exact) mass is 386 g/mol. The molecule has 26 heavy (non-hydrogen) atoms. The summed E-state index contributed by atoms with van der Waals surface area (Å²) < 4.78 is 18.3. The van der Waals surface area contributed by atoms with Crippen LogP contribution < -0.4 is 0 Å². The number of aromatic nitrogens is 4. The number of rotatable bonds is 5. The summed E-state index contributed by atoms with van der Waals surface area (Å²) in [6.07, 6.45) is 1.71. The number of imidazole rings is 1. The van der Waals surface area contributed by atoms with Crippen LogP contribution in [0, 0.1) is 5.82 Å². The van der Waals surface area contributed by atoms with Gasteiger partial charge in [-0.15, -0.1) is 0 Å². The lowest BCUT2D eigenvalue weighted by molar-refractivity contribution is 0.425. The van der Waals surface area contributed by atoms with Gasteiger partial charge in [0.25, 0.3) is 5.89 Å². The van der Waals surface area contributed by atoms with Gasteiger partial charge in [0.15, 0.2) is 11.0 Å². The minimum absolute atomic E-state index is 0.269. The predicted octanol–water partition coefficient (Wildman–Crippen LogP) is 5.21. The molecule has 2 heterocycles. The molecule has 0 fully saturated rings. The van der Waals surface area contributed by atoms with Gasteiger partial charge in [0.2, 0.25) is 0 Å². The normalized spacial score (nSPS) is 11.0. The number of thioether (sulfide) groups is 1. The molecule has 5 nitrogen and oxygen atoms in total. The van der Waals surface area contributed by atoms with Crippen LogP contribution in [0.2, 0.25) is 5.02 Å². The van der Waals surface area contributed by atoms with Gasteiger partial charge in [0.05, 0.1) is 28.2 Å². The maximum absolute atomic E-state index is 13.0. The molecule has 0 amide bonds. The van der Waals surface area contributed by atoms with Gasteiger partial charge < -0.3 is 9.51 Å². The lowest BCUT2D eigenvalue weighted by atomic mass is 10.2. The van der Waals surface area contributed by atoms with E-state index in [0.717, 1.165) is 11.3 Å². The Bertz CT molecular complexity index is 1030. The number of hydrogen-bond acceptors (Lipinski definition) is 5. The maximum atomic E-state index is 13.0. The first-order valence-corrected chi connectivity index (χ1v) is 9.06. The Kier molecular flexibility index (Phi) is 4.73. The average molecular weight is 387 g/mol. The van der Waals surface area contributed by atoms with E-state index in [-0.39, 0.29) is 5.82 Å². The van der Waals surface area contributed by atoms with Crippen molar-refractivity contribution >= 4 is 23.4 Å². The molecule has 8 heteroatoms. The minimum atomic E-state index is -0.269. The first-order valence-electron chi connectivity index (χ1n) is 7.70. The van der Waals surface area contributed by atoms with Gasteiger partial charge in [-0.2, -0.15) is 4.98 Å². The highest BCUT2D eigenvalue weighted by Crippen LogP contribution is 2.28. The number of nitrogens with one attached hydrogen (secondary N) is 1. The van der Waals surface area contributed by atoms with Crippen molar-refractivity contribution < 1.29 is 8.91 Å². The molecule has 0 bridgehead atoms. The van der Waals surface area contributed by atoms with Crippen LogP contribution in [0.1, 0.15) is 5.82 Å². The number of halogens is 2. The van der Waals surface area contributed by atoms with Crippen molar-refractivity contribution in [2.75, 3.05) is 0 Å². The van der Waals surface area contributed by atoms with Crippen LogP contribution in [-0.4, -0.2) is 20.1 Å². The second kappa shape index (κ2) is 7.31. The third-order valence-electron chi connectivity index (χ3n) is 3.62. The zero-order valence-corrected chi connectivity index (χ0v) is 14.9. The topological polar surface area (TPSA) is 67.6 Å². The fraction of sp³-hybridized carbons (Fsp3) is 0.0556. The number of H-pyrrole nitrogens is 1. The van der Waals surface area contributed by atoms with E-state index < -0.39 is 0 Å². The van der Waals surface area contributed by atoms with Gasteiger partial charge in [0.1, 0.15) is 5.82 Å². The molecule has 1 N–H and O–H groups in total. The van der Waals surface area contributed by atoms with E-state index in [0.29, 0.717) is 33.2 Å². The van der Waals surface area contributed by atoms with Crippen LogP contribution in [-0.2, 0) is 5.75 Å². The molecule has 0 unspecified atom stereocenters. The quantitative estimate of drug-likeness (QED) is 0.477. The summed E-state index contributed by atoms with van der Waals surface area (Å²) in [7, 11) is 0. The van der Waals surface area contributed by atoms with Crippen LogP contribution in [0.25, 0.3) is 22.7 Å². The van der Waals surface area contributed by atoms with Crippen molar-refractivity contribution in [2.24, 2.45) is 0 Å². The van der Waals surface area contributed by atoms with Gasteiger partial charge in [-0.05, 0) is 42.0 Å². The molecule has 2 aromatic heterocycles. The standard InChI is InChI=1S/C18H12ClFN4OS/c19-14-4-2-1-3-13(14)17-23-16(24-25-17)10-26-18-21-9-15(22-18)11-5-7-12(20)8-6-11/h1-9H,10H2,(H,21,22). The smallest absolute Gasteiger partial charge is 0.259 e. The van der Waals surface area contributed by atoms with E-state index in [9.17, 15) is 4.39 Å². The van der Waals surface area contributed by atoms with E-state index in [1.54, 1.807) is 24.4 Å². The molecule has 0 spiro atoms. The highest BCUT2D eigenvalue weighted by atomic mass is 35.5. The summed E-state index contributed by atoms with van der Waals surface area (Å²) in [5.74, 6) is 1.15. The molecule has 0 aliphatic carbocycles. The molecule has 2 aromatic carbocycles. The summed E-state index contributed by atoms with van der Waals surface area (Å²) in [6.45, 7) is 0. The maximum Gasteiger partial charge on any atom is 0.259 e. The summed E-state index contributed by atoms with van der Waals surface area (Å²) >= 11 is 7.59. The molecule has 4 rings (SSSR count). The number of benzene rings is 2. The number of nitrogens with zero attached hydrogens (tertiary/aromatic N) is 3. The molecule has 130 valence electrons. The molecule has 0 atom stereocenters. The first kappa shape index (κ1) is 16.8. The molecule has 4 aromatic rings. The highest BCUT2D eigenvalue weighted by Gasteiger charge is 2.13. The Morgan fingerprint density at radius 1 is 1.12 bits per heavy atom. The van der Waals surface area contributed by atoms with Crippen LogP contribution in [0.5, 0.6) is 0 Å². The zero-order chi connectivity index (χ0) is 17.9. The molecular weight excluding hydrogens is 375 g/mol. The lowest BCUT2D eigenvalue weighted by Crippen LogP contribution is -1.86. The Morgan fingerprint density at radius 3 is 2.73 bits per heavy atom. The van der Waals surface area contributed by atoms with Crippen molar-refractivity contribution in [2.45, 2.75) is 10.9 Å². The van der Waals surface area contributed by atoms with Gasteiger partial charge in [-0.25, -0.2) is 9.37 Å². The summed E-state index contributed by atoms with van der Waals surface area (Å²) in [5.41, 5.74) is 2.39. The Balaban J connectivity index is 1.44. The van der Waals surface area contributed by atoms with Crippen LogP contribution in [0.15, 0.2) is 64.4 Å². The number of aromatic amines is 1. The van der Waals surface area contributed by atoms with Crippen LogP contribution in [0.3, 0.4) is 0 Å². The first-order chi connectivity index (χ1) is 12.7. The minimum Gasteiger partial charge on any atom is -0.334 e. The largest absolute Gasteiger partial charge is 0.334 e. The fourth-order valence-corrected chi connectivity index (χ4v) is 3.25. The van der Waals surface area contributed by atoms with Gasteiger partial charge in [-0.3, -0.25) is 0 Å². The Labute approximate surface area is 157 Å². The van der Waals surface area contributed by atoms with Gasteiger partial charge in [-0.1, -0.05) is 40.7 Å². The second-order valence-corrected chi connectivity index (χ2v) is 6.76. The third-order valence-corrected chi connectivity index (χ3v) is 4.83. The lowest BCUT2D eigenvalue weighted by Gasteiger charge is -1.97. The Morgan fingerprint density at radius 2 is 1.92 bits per heavy atom. The number of hydrogen-bond donors (Lipinski definition) is 1. The van der Waals surface area contributed by atoms with Gasteiger partial charge >= 0.3 is 0 Å². The average Bonchev–Trinajstić information content (AvgIpc) is 3.30. The molecule has 0 aliphatic rings. The van der Waals surface area contributed by atoms with Crippen molar-refractivity contribution in [1.29, 1.82) is 0 Å². The van der Waals surface area contributed by atoms with E-state index in [2.05, 4.69) is 20.1 Å².